The second-order valence-corrected chi connectivity index (χ2v) is 6.82. The Morgan fingerprint density at radius 3 is 2.66 bits per heavy atom. The van der Waals surface area contributed by atoms with Crippen LogP contribution in [0.5, 0.6) is 11.5 Å². The SMILES string of the molecule is CCCCOc1ccc(C(=O)NNC(=O)CCc2nc(-c3ccncc3)no2)cc1OC. The van der Waals surface area contributed by atoms with E-state index in [-0.39, 0.29) is 12.8 Å². The van der Waals surface area contributed by atoms with E-state index in [0.717, 1.165) is 18.4 Å². The Morgan fingerprint density at radius 2 is 1.91 bits per heavy atom. The number of unbranched alkanes of at least 4 members (excludes halogenated alkanes) is 1. The minimum Gasteiger partial charge on any atom is -0.493 e. The summed E-state index contributed by atoms with van der Waals surface area (Å²) >= 11 is 0. The maximum Gasteiger partial charge on any atom is 0.269 e. The second-order valence-electron chi connectivity index (χ2n) is 6.82. The average Bonchev–Trinajstić information content (AvgIpc) is 3.31. The largest absolute Gasteiger partial charge is 0.493 e. The molecule has 0 radical (unpaired) electrons. The number of carbonyl (C=O) groups excluding carboxylic acids is 2. The number of hydrazine groups is 1. The predicted molar refractivity (Wildman–Crippen MR) is 115 cm³/mol. The molecular weight excluding hydrogens is 414 g/mol. The molecule has 10 heteroatoms. The fourth-order valence-electron chi connectivity index (χ4n) is 2.71. The van der Waals surface area contributed by atoms with Crippen molar-refractivity contribution in [3.63, 3.8) is 0 Å². The lowest BCUT2D eigenvalue weighted by atomic mass is 10.2. The summed E-state index contributed by atoms with van der Waals surface area (Å²) in [5.74, 6) is 0.880. The summed E-state index contributed by atoms with van der Waals surface area (Å²) in [4.78, 5) is 32.6. The Kier molecular flexibility index (Phi) is 8.13. The molecule has 2 heterocycles. The Bertz CT molecular complexity index is 1040. The van der Waals surface area contributed by atoms with Gasteiger partial charge in [-0.1, -0.05) is 18.5 Å². The molecule has 168 valence electrons. The number of benzene rings is 1. The number of pyridine rings is 1. The van der Waals surface area contributed by atoms with E-state index in [2.05, 4.69) is 32.9 Å². The van der Waals surface area contributed by atoms with Crippen LogP contribution in [-0.2, 0) is 11.2 Å². The molecule has 0 fully saturated rings. The van der Waals surface area contributed by atoms with Crippen molar-refractivity contribution in [1.82, 2.24) is 26.0 Å². The van der Waals surface area contributed by atoms with Crippen LogP contribution in [0.4, 0.5) is 0 Å². The van der Waals surface area contributed by atoms with Gasteiger partial charge in [0.1, 0.15) is 0 Å². The first-order valence-corrected chi connectivity index (χ1v) is 10.2. The first-order chi connectivity index (χ1) is 15.6. The summed E-state index contributed by atoms with van der Waals surface area (Å²) in [5.41, 5.74) is 5.85. The molecule has 0 aliphatic rings. The van der Waals surface area contributed by atoms with E-state index in [0.29, 0.717) is 35.4 Å². The quantitative estimate of drug-likeness (QED) is 0.364. The lowest BCUT2D eigenvalue weighted by Gasteiger charge is -2.12. The zero-order valence-electron chi connectivity index (χ0n) is 18.0. The molecule has 0 saturated carbocycles. The number of amides is 2. The van der Waals surface area contributed by atoms with E-state index in [1.165, 1.54) is 7.11 Å². The molecule has 32 heavy (non-hydrogen) atoms. The number of hydrogen-bond donors (Lipinski definition) is 2. The normalized spacial score (nSPS) is 10.4. The summed E-state index contributed by atoms with van der Waals surface area (Å²) in [5, 5.41) is 3.89. The van der Waals surface area contributed by atoms with E-state index >= 15 is 0 Å². The van der Waals surface area contributed by atoms with E-state index in [1.54, 1.807) is 42.7 Å². The lowest BCUT2D eigenvalue weighted by Crippen LogP contribution is -2.41. The van der Waals surface area contributed by atoms with Crippen molar-refractivity contribution >= 4 is 11.8 Å². The van der Waals surface area contributed by atoms with Gasteiger partial charge in [-0.2, -0.15) is 4.98 Å². The van der Waals surface area contributed by atoms with Gasteiger partial charge in [-0.15, -0.1) is 0 Å². The summed E-state index contributed by atoms with van der Waals surface area (Å²) in [7, 11) is 1.50. The zero-order chi connectivity index (χ0) is 22.8. The molecule has 3 aromatic rings. The third-order valence-corrected chi connectivity index (χ3v) is 4.47. The van der Waals surface area contributed by atoms with Gasteiger partial charge in [-0.25, -0.2) is 0 Å². The molecule has 2 amide bonds. The van der Waals surface area contributed by atoms with Gasteiger partial charge in [0.2, 0.25) is 17.6 Å². The summed E-state index contributed by atoms with van der Waals surface area (Å²) < 4.78 is 16.1. The van der Waals surface area contributed by atoms with Crippen LogP contribution in [0.15, 0.2) is 47.2 Å². The molecule has 0 aliphatic heterocycles. The molecule has 1 aromatic carbocycles. The van der Waals surface area contributed by atoms with Crippen molar-refractivity contribution in [3.8, 4) is 22.9 Å². The van der Waals surface area contributed by atoms with Crippen LogP contribution in [0, 0.1) is 0 Å². The number of aromatic nitrogens is 3. The van der Waals surface area contributed by atoms with Gasteiger partial charge in [0.05, 0.1) is 13.7 Å². The number of rotatable bonds is 10. The Labute approximate surface area is 185 Å². The van der Waals surface area contributed by atoms with Gasteiger partial charge in [-0.05, 0) is 36.8 Å². The molecule has 10 nitrogen and oxygen atoms in total. The summed E-state index contributed by atoms with van der Waals surface area (Å²) in [6, 6.07) is 8.35. The molecular formula is C22H25N5O5. The smallest absolute Gasteiger partial charge is 0.269 e. The minimum atomic E-state index is -0.477. The monoisotopic (exact) mass is 439 g/mol. The van der Waals surface area contributed by atoms with Gasteiger partial charge in [0, 0.05) is 36.4 Å². The highest BCUT2D eigenvalue weighted by Gasteiger charge is 2.14. The van der Waals surface area contributed by atoms with Gasteiger partial charge in [0.15, 0.2) is 11.5 Å². The van der Waals surface area contributed by atoms with Gasteiger partial charge in [0.25, 0.3) is 5.91 Å². The van der Waals surface area contributed by atoms with Crippen LogP contribution >= 0.6 is 0 Å². The standard InChI is InChI=1S/C22H25N5O5/c1-3-4-13-31-17-6-5-16(14-18(17)30-2)22(29)26-25-19(28)7-8-20-24-21(27-32-20)15-9-11-23-12-10-15/h5-6,9-12,14H,3-4,7-8,13H2,1-2H3,(H,25,28)(H,26,29). The van der Waals surface area contributed by atoms with Gasteiger partial charge in [-0.3, -0.25) is 25.4 Å². The number of methoxy groups -OCH3 is 1. The number of hydrogen-bond acceptors (Lipinski definition) is 8. The van der Waals surface area contributed by atoms with Crippen molar-refractivity contribution in [2.75, 3.05) is 13.7 Å². The fourth-order valence-corrected chi connectivity index (χ4v) is 2.71. The number of carbonyl (C=O) groups is 2. The van der Waals surface area contributed by atoms with Crippen LogP contribution in [0.3, 0.4) is 0 Å². The highest BCUT2D eigenvalue weighted by atomic mass is 16.5. The molecule has 0 unspecified atom stereocenters. The third kappa shape index (κ3) is 6.27. The predicted octanol–water partition coefficient (Wildman–Crippen LogP) is 2.71. The fraction of sp³-hybridized carbons (Fsp3) is 0.318. The van der Waals surface area contributed by atoms with Crippen molar-refractivity contribution in [1.29, 1.82) is 0 Å². The lowest BCUT2D eigenvalue weighted by molar-refractivity contribution is -0.121. The zero-order valence-corrected chi connectivity index (χ0v) is 18.0. The highest BCUT2D eigenvalue weighted by molar-refractivity contribution is 5.96. The molecule has 0 atom stereocenters. The molecule has 2 aromatic heterocycles. The topological polar surface area (TPSA) is 128 Å². The molecule has 0 aliphatic carbocycles. The Morgan fingerprint density at radius 1 is 1.09 bits per heavy atom. The van der Waals surface area contributed by atoms with Gasteiger partial charge < -0.3 is 14.0 Å². The average molecular weight is 439 g/mol. The highest BCUT2D eigenvalue weighted by Crippen LogP contribution is 2.28. The van der Waals surface area contributed by atoms with Crippen LogP contribution in [-0.4, -0.2) is 40.7 Å². The summed E-state index contributed by atoms with van der Waals surface area (Å²) in [6.45, 7) is 2.64. The second kappa shape index (κ2) is 11.4. The molecule has 3 rings (SSSR count). The van der Waals surface area contributed by atoms with E-state index in [1.807, 2.05) is 0 Å². The van der Waals surface area contributed by atoms with Crippen LogP contribution < -0.4 is 20.3 Å². The van der Waals surface area contributed by atoms with Crippen molar-refractivity contribution < 1.29 is 23.6 Å². The van der Waals surface area contributed by atoms with Crippen molar-refractivity contribution in [2.45, 2.75) is 32.6 Å². The number of ether oxygens (including phenoxy) is 2. The first-order valence-electron chi connectivity index (χ1n) is 10.2. The summed E-state index contributed by atoms with van der Waals surface area (Å²) in [6.07, 6.45) is 5.49. The molecule has 0 saturated heterocycles. The number of nitrogens with one attached hydrogen (secondary N) is 2. The Balaban J connectivity index is 1.47. The maximum absolute atomic E-state index is 12.4. The van der Waals surface area contributed by atoms with E-state index in [9.17, 15) is 9.59 Å². The van der Waals surface area contributed by atoms with Crippen LogP contribution in [0.25, 0.3) is 11.4 Å². The molecule has 0 bridgehead atoms. The Hall–Kier alpha value is -3.95. The maximum atomic E-state index is 12.4. The number of nitrogens with zero attached hydrogens (tertiary/aromatic N) is 3. The molecule has 0 spiro atoms. The van der Waals surface area contributed by atoms with Crippen molar-refractivity contribution in [2.24, 2.45) is 0 Å². The van der Waals surface area contributed by atoms with Crippen LogP contribution in [0.2, 0.25) is 0 Å². The van der Waals surface area contributed by atoms with Crippen molar-refractivity contribution in [3.05, 3.63) is 54.2 Å². The first kappa shape index (κ1) is 22.7. The van der Waals surface area contributed by atoms with E-state index in [4.69, 9.17) is 14.0 Å². The van der Waals surface area contributed by atoms with E-state index < -0.39 is 11.8 Å². The van der Waals surface area contributed by atoms with Gasteiger partial charge >= 0.3 is 0 Å². The van der Waals surface area contributed by atoms with Crippen LogP contribution in [0.1, 0.15) is 42.4 Å². The molecule has 2 N–H and O–H groups in total. The number of aryl methyl sites for hydroxylation is 1. The third-order valence-electron chi connectivity index (χ3n) is 4.47. The minimum absolute atomic E-state index is 0.0613.